The molecule has 22 heavy (non-hydrogen) atoms. The van der Waals surface area contributed by atoms with Crippen molar-refractivity contribution in [3.05, 3.63) is 23.8 Å². The number of rotatable bonds is 5. The molecular formula is C16H25ClN2O3. The molecule has 1 aliphatic rings. The van der Waals surface area contributed by atoms with E-state index in [1.165, 1.54) is 0 Å². The molecule has 1 amide bonds. The van der Waals surface area contributed by atoms with Crippen LogP contribution in [0.15, 0.2) is 18.2 Å². The number of nitrogens with zero attached hydrogens (tertiary/aromatic N) is 1. The Morgan fingerprint density at radius 3 is 2.55 bits per heavy atom. The van der Waals surface area contributed by atoms with Crippen molar-refractivity contribution in [2.75, 3.05) is 39.9 Å². The lowest BCUT2D eigenvalue weighted by molar-refractivity contribution is 0.0735. The zero-order valence-corrected chi connectivity index (χ0v) is 14.2. The number of benzene rings is 1. The van der Waals surface area contributed by atoms with Crippen LogP contribution in [0, 0.1) is 5.92 Å². The number of ether oxygens (including phenoxy) is 2. The SMILES string of the molecule is COc1cc(C(=O)N2CCNCC2)ccc1OCC(C)C.Cl. The first-order valence-electron chi connectivity index (χ1n) is 7.42. The zero-order valence-electron chi connectivity index (χ0n) is 13.4. The average molecular weight is 329 g/mol. The molecule has 0 saturated carbocycles. The number of amides is 1. The van der Waals surface area contributed by atoms with E-state index in [1.54, 1.807) is 13.2 Å². The molecule has 0 bridgehead atoms. The fourth-order valence-corrected chi connectivity index (χ4v) is 2.23. The minimum absolute atomic E-state index is 0. The molecule has 5 nitrogen and oxygen atoms in total. The number of hydrogen-bond donors (Lipinski definition) is 1. The molecule has 6 heteroatoms. The number of hydrogen-bond acceptors (Lipinski definition) is 4. The molecule has 0 radical (unpaired) electrons. The van der Waals surface area contributed by atoms with E-state index in [0.717, 1.165) is 26.2 Å². The Morgan fingerprint density at radius 2 is 1.95 bits per heavy atom. The highest BCUT2D eigenvalue weighted by Crippen LogP contribution is 2.29. The molecule has 2 rings (SSSR count). The summed E-state index contributed by atoms with van der Waals surface area (Å²) >= 11 is 0. The second-order valence-corrected chi connectivity index (χ2v) is 5.61. The van der Waals surface area contributed by atoms with Crippen molar-refractivity contribution in [2.24, 2.45) is 5.92 Å². The normalized spacial score (nSPS) is 14.5. The van der Waals surface area contributed by atoms with Crippen molar-refractivity contribution in [2.45, 2.75) is 13.8 Å². The molecule has 1 aromatic rings. The smallest absolute Gasteiger partial charge is 0.254 e. The molecule has 1 aromatic carbocycles. The van der Waals surface area contributed by atoms with Crippen LogP contribution in [0.1, 0.15) is 24.2 Å². The van der Waals surface area contributed by atoms with Crippen LogP contribution in [-0.2, 0) is 0 Å². The summed E-state index contributed by atoms with van der Waals surface area (Å²) in [4.78, 5) is 14.3. The van der Waals surface area contributed by atoms with Gasteiger partial charge in [-0.05, 0) is 24.1 Å². The van der Waals surface area contributed by atoms with Gasteiger partial charge in [0.25, 0.3) is 5.91 Å². The summed E-state index contributed by atoms with van der Waals surface area (Å²) in [5.41, 5.74) is 0.644. The molecule has 1 heterocycles. The lowest BCUT2D eigenvalue weighted by atomic mass is 10.1. The summed E-state index contributed by atoms with van der Waals surface area (Å²) in [6.45, 7) is 7.99. The van der Waals surface area contributed by atoms with Gasteiger partial charge in [-0.15, -0.1) is 12.4 Å². The highest BCUT2D eigenvalue weighted by Gasteiger charge is 2.19. The average Bonchev–Trinajstić information content (AvgIpc) is 2.52. The molecule has 0 aliphatic carbocycles. The molecule has 1 saturated heterocycles. The summed E-state index contributed by atoms with van der Waals surface area (Å²) in [7, 11) is 1.59. The standard InChI is InChI=1S/C16H24N2O3.ClH/c1-12(2)11-21-14-5-4-13(10-15(14)20-3)16(19)18-8-6-17-7-9-18;/h4-5,10,12,17H,6-9,11H2,1-3H3;1H. The van der Waals surface area contributed by atoms with Gasteiger partial charge in [-0.25, -0.2) is 0 Å². The van der Waals surface area contributed by atoms with Crippen LogP contribution in [0.3, 0.4) is 0 Å². The van der Waals surface area contributed by atoms with E-state index in [9.17, 15) is 4.79 Å². The minimum Gasteiger partial charge on any atom is -0.493 e. The fraction of sp³-hybridized carbons (Fsp3) is 0.562. The second-order valence-electron chi connectivity index (χ2n) is 5.61. The summed E-state index contributed by atoms with van der Waals surface area (Å²) in [6.07, 6.45) is 0. The van der Waals surface area contributed by atoms with Crippen molar-refractivity contribution in [3.8, 4) is 11.5 Å². The molecule has 0 atom stereocenters. The van der Waals surface area contributed by atoms with Crippen molar-refractivity contribution in [1.82, 2.24) is 10.2 Å². The van der Waals surface area contributed by atoms with E-state index >= 15 is 0 Å². The Labute approximate surface area is 138 Å². The van der Waals surface area contributed by atoms with E-state index in [1.807, 2.05) is 17.0 Å². The third-order valence-corrected chi connectivity index (χ3v) is 3.39. The molecule has 0 unspecified atom stereocenters. The molecule has 1 N–H and O–H groups in total. The summed E-state index contributed by atoms with van der Waals surface area (Å²) in [6, 6.07) is 5.39. The Balaban J connectivity index is 0.00000242. The third-order valence-electron chi connectivity index (χ3n) is 3.39. The Kier molecular flexibility index (Phi) is 7.48. The lowest BCUT2D eigenvalue weighted by Crippen LogP contribution is -2.46. The Bertz CT molecular complexity index is 488. The van der Waals surface area contributed by atoms with E-state index in [2.05, 4.69) is 19.2 Å². The van der Waals surface area contributed by atoms with Crippen molar-refractivity contribution in [3.63, 3.8) is 0 Å². The lowest BCUT2D eigenvalue weighted by Gasteiger charge is -2.27. The summed E-state index contributed by atoms with van der Waals surface area (Å²) in [5.74, 6) is 1.78. The highest BCUT2D eigenvalue weighted by atomic mass is 35.5. The number of nitrogens with one attached hydrogen (secondary N) is 1. The van der Waals surface area contributed by atoms with Gasteiger partial charge in [0.1, 0.15) is 0 Å². The van der Waals surface area contributed by atoms with E-state index in [0.29, 0.717) is 29.6 Å². The van der Waals surface area contributed by atoms with Gasteiger partial charge < -0.3 is 19.7 Å². The van der Waals surface area contributed by atoms with Crippen LogP contribution >= 0.6 is 12.4 Å². The largest absolute Gasteiger partial charge is 0.493 e. The predicted octanol–water partition coefficient (Wildman–Crippen LogP) is 2.20. The maximum Gasteiger partial charge on any atom is 0.254 e. The zero-order chi connectivity index (χ0) is 15.2. The number of halogens is 1. The van der Waals surface area contributed by atoms with Crippen molar-refractivity contribution >= 4 is 18.3 Å². The topological polar surface area (TPSA) is 50.8 Å². The van der Waals surface area contributed by atoms with Gasteiger partial charge in [-0.3, -0.25) is 4.79 Å². The number of methoxy groups -OCH3 is 1. The maximum absolute atomic E-state index is 12.4. The quantitative estimate of drug-likeness (QED) is 0.900. The predicted molar refractivity (Wildman–Crippen MR) is 89.3 cm³/mol. The molecular weight excluding hydrogens is 304 g/mol. The summed E-state index contributed by atoms with van der Waals surface area (Å²) < 4.78 is 11.1. The van der Waals surface area contributed by atoms with Gasteiger partial charge in [-0.1, -0.05) is 13.8 Å². The van der Waals surface area contributed by atoms with Crippen LogP contribution in [0.2, 0.25) is 0 Å². The van der Waals surface area contributed by atoms with E-state index in [4.69, 9.17) is 9.47 Å². The minimum atomic E-state index is 0. The van der Waals surface area contributed by atoms with Gasteiger partial charge in [-0.2, -0.15) is 0 Å². The second kappa shape index (κ2) is 8.86. The molecule has 1 fully saturated rings. The van der Waals surface area contributed by atoms with Gasteiger partial charge >= 0.3 is 0 Å². The first-order valence-corrected chi connectivity index (χ1v) is 7.42. The Hall–Kier alpha value is -1.46. The van der Waals surface area contributed by atoms with Crippen molar-refractivity contribution < 1.29 is 14.3 Å². The van der Waals surface area contributed by atoms with Crippen LogP contribution in [0.25, 0.3) is 0 Å². The van der Waals surface area contributed by atoms with Crippen LogP contribution in [0.5, 0.6) is 11.5 Å². The van der Waals surface area contributed by atoms with Crippen LogP contribution < -0.4 is 14.8 Å². The first kappa shape index (κ1) is 18.6. The summed E-state index contributed by atoms with van der Waals surface area (Å²) in [5, 5.41) is 3.24. The van der Waals surface area contributed by atoms with E-state index < -0.39 is 0 Å². The molecule has 1 aliphatic heterocycles. The highest BCUT2D eigenvalue weighted by molar-refractivity contribution is 5.95. The van der Waals surface area contributed by atoms with Gasteiger partial charge in [0.15, 0.2) is 11.5 Å². The monoisotopic (exact) mass is 328 g/mol. The number of carbonyl (C=O) groups is 1. The molecule has 0 spiro atoms. The van der Waals surface area contributed by atoms with Crippen LogP contribution in [0.4, 0.5) is 0 Å². The third kappa shape index (κ3) is 4.78. The van der Waals surface area contributed by atoms with Gasteiger partial charge in [0.05, 0.1) is 13.7 Å². The van der Waals surface area contributed by atoms with Crippen molar-refractivity contribution in [1.29, 1.82) is 0 Å². The number of piperazine rings is 1. The fourth-order valence-electron chi connectivity index (χ4n) is 2.23. The van der Waals surface area contributed by atoms with Crippen LogP contribution in [-0.4, -0.2) is 50.7 Å². The van der Waals surface area contributed by atoms with E-state index in [-0.39, 0.29) is 18.3 Å². The van der Waals surface area contributed by atoms with Gasteiger partial charge in [0, 0.05) is 31.7 Å². The van der Waals surface area contributed by atoms with Gasteiger partial charge in [0.2, 0.25) is 0 Å². The first-order chi connectivity index (χ1) is 10.1. The Morgan fingerprint density at radius 1 is 1.27 bits per heavy atom. The number of carbonyl (C=O) groups excluding carboxylic acids is 1. The maximum atomic E-state index is 12.4. The molecule has 0 aromatic heterocycles. The molecule has 124 valence electrons.